The van der Waals surface area contributed by atoms with Gasteiger partial charge in [-0.05, 0) is 141 Å². The number of carboxylic acids is 1. The van der Waals surface area contributed by atoms with E-state index in [9.17, 15) is 19.2 Å². The molecule has 4 N–H and O–H groups in total. The van der Waals surface area contributed by atoms with E-state index in [1.165, 1.54) is 24.6 Å². The molecule has 0 spiro atoms. The lowest BCUT2D eigenvalue weighted by Gasteiger charge is -2.37. The first kappa shape index (κ1) is 53.6. The smallest absolute Gasteiger partial charge is 0.336 e. The highest BCUT2D eigenvalue weighted by atomic mass is 127. The van der Waals surface area contributed by atoms with Crippen molar-refractivity contribution in [2.75, 3.05) is 18.4 Å². The van der Waals surface area contributed by atoms with Crippen molar-refractivity contribution in [2.24, 2.45) is 17.6 Å². The first-order valence-electron chi connectivity index (χ1n) is 22.3. The van der Waals surface area contributed by atoms with Crippen molar-refractivity contribution >= 4 is 102 Å². The zero-order valence-electron chi connectivity index (χ0n) is 37.5. The molecule has 2 aliphatic rings. The van der Waals surface area contributed by atoms with E-state index < -0.39 is 12.0 Å². The van der Waals surface area contributed by atoms with Crippen molar-refractivity contribution in [3.63, 3.8) is 0 Å². The molecule has 2 fully saturated rings. The monoisotopic (exact) mass is 1120 g/mol. The Kier molecular flexibility index (Phi) is 23.6. The second kappa shape index (κ2) is 29.6. The molecular weight excluding hydrogens is 1060 g/mol. The van der Waals surface area contributed by atoms with Gasteiger partial charge < -0.3 is 25.9 Å². The van der Waals surface area contributed by atoms with Crippen LogP contribution in [0.1, 0.15) is 84.9 Å². The van der Waals surface area contributed by atoms with Gasteiger partial charge in [0.05, 0.1) is 30.8 Å². The first-order valence-corrected chi connectivity index (χ1v) is 24.4. The molecule has 2 saturated carbocycles. The number of carboxylic acid groups (broad SMARTS) is 1. The van der Waals surface area contributed by atoms with Crippen LogP contribution in [0.15, 0.2) is 133 Å². The van der Waals surface area contributed by atoms with Gasteiger partial charge in [-0.15, -0.1) is 12.8 Å². The van der Waals surface area contributed by atoms with Crippen LogP contribution in [-0.4, -0.2) is 53.2 Å². The van der Waals surface area contributed by atoms with Gasteiger partial charge in [0.2, 0.25) is 5.91 Å². The number of rotatable bonds is 8. The molecule has 0 aromatic heterocycles. The third-order valence-corrected chi connectivity index (χ3v) is 13.2. The topological polar surface area (TPSA) is 134 Å². The average Bonchev–Trinajstić information content (AvgIpc) is 3.37. The zero-order chi connectivity index (χ0) is 48.4. The Hall–Kier alpha value is -6.05. The molecule has 2 aliphatic carbocycles. The van der Waals surface area contributed by atoms with Crippen molar-refractivity contribution < 1.29 is 24.3 Å². The average molecular weight is 1120 g/mol. The molecule has 2 amide bonds. The summed E-state index contributed by atoms with van der Waals surface area (Å²) in [6.07, 6.45) is 22.7. The van der Waals surface area contributed by atoms with Crippen LogP contribution in [0.4, 0.5) is 11.4 Å². The number of hydrogen-bond acceptors (Lipinski definition) is 5. The third-order valence-electron chi connectivity index (χ3n) is 11.3. The number of amides is 2. The number of nitrogens with zero attached hydrogens (tertiary/aromatic N) is 2. The number of aromatic carboxylic acids is 1. The molecule has 1 atom stereocenters. The Balaban J connectivity index is 0.000000232. The van der Waals surface area contributed by atoms with Crippen LogP contribution in [0.2, 0.25) is 0 Å². The predicted octanol–water partition coefficient (Wildman–Crippen LogP) is 12.8. The normalized spacial score (nSPS) is 13.5. The number of nitrogens with two attached hydrogens (primary N) is 1. The van der Waals surface area contributed by atoms with Gasteiger partial charge >= 0.3 is 5.97 Å². The van der Waals surface area contributed by atoms with E-state index in [2.05, 4.69) is 51.0 Å². The lowest BCUT2D eigenvalue weighted by molar-refractivity contribution is -0.122. The van der Waals surface area contributed by atoms with Crippen LogP contribution >= 0.6 is 45.2 Å². The quantitative estimate of drug-likeness (QED) is 0.0601. The Bertz CT molecular complexity index is 2690. The molecule has 0 radical (unpaired) electrons. The summed E-state index contributed by atoms with van der Waals surface area (Å²) in [5.41, 5.74) is 7.16. The van der Waals surface area contributed by atoms with Gasteiger partial charge in [-0.2, -0.15) is 0 Å². The number of benzene rings is 6. The molecule has 6 aromatic carbocycles. The van der Waals surface area contributed by atoms with Crippen LogP contribution in [0.3, 0.4) is 0 Å². The van der Waals surface area contributed by atoms with E-state index in [1.54, 1.807) is 29.2 Å². The molecule has 0 aliphatic heterocycles. The SMILES string of the molecule is C#CCN.C#CCN(C(=O)c1ccccc1I)C(C(=O)Nc1ccc2ccccc2c1)C1CCCCC1.O=C(O)c1ccccc1I.O=CC1CCCCC1.[C-]#[N+]c1ccc2ccccc2c1. The van der Waals surface area contributed by atoms with Crippen molar-refractivity contribution in [2.45, 2.75) is 70.3 Å². The standard InChI is InChI=1S/C28H27IN2O2.C11H7N.C7H5IO2.C7H12O.C3H5N/c1-2-18-31(28(33)24-14-8-9-15-25(24)29)26(21-11-4-3-5-12-21)27(32)30-23-17-16-20-10-6-7-13-22(20)19-23;1-12-11-7-6-9-4-2-3-5-10(9)8-11;8-6-4-2-1-3-5(6)7(9)10;8-6-7-4-2-1-3-5-7;1-2-3-4/h1,6-10,13-17,19,21,26H,3-5,11-12,18H2,(H,30,32);2-8H;1-4H,(H,9,10);6-7H,1-5H2;1H,3-4H2. The van der Waals surface area contributed by atoms with Gasteiger partial charge in [0.1, 0.15) is 12.3 Å². The lowest BCUT2D eigenvalue weighted by Crippen LogP contribution is -2.52. The minimum atomic E-state index is -0.870. The van der Waals surface area contributed by atoms with Gasteiger partial charge in [-0.1, -0.05) is 141 Å². The predicted molar refractivity (Wildman–Crippen MR) is 289 cm³/mol. The van der Waals surface area contributed by atoms with E-state index in [1.807, 2.05) is 132 Å². The van der Waals surface area contributed by atoms with E-state index in [4.69, 9.17) is 23.8 Å². The minimum Gasteiger partial charge on any atom is -0.478 e. The third kappa shape index (κ3) is 17.3. The summed E-state index contributed by atoms with van der Waals surface area (Å²) in [6.45, 7) is 7.28. The van der Waals surface area contributed by atoms with Crippen molar-refractivity contribution in [1.29, 1.82) is 0 Å². The number of aldehydes is 1. The first-order chi connectivity index (χ1) is 32.5. The van der Waals surface area contributed by atoms with Crippen LogP contribution in [0.5, 0.6) is 0 Å². The van der Waals surface area contributed by atoms with E-state index in [-0.39, 0.29) is 24.3 Å². The fourth-order valence-electron chi connectivity index (χ4n) is 7.88. The maximum absolute atomic E-state index is 13.7. The highest BCUT2D eigenvalue weighted by molar-refractivity contribution is 14.1. The Morgan fingerprint density at radius 2 is 1.21 bits per heavy atom. The van der Waals surface area contributed by atoms with E-state index >= 15 is 0 Å². The van der Waals surface area contributed by atoms with Gasteiger partial charge in [0.25, 0.3) is 5.91 Å². The Labute approximate surface area is 422 Å². The molecule has 11 heteroatoms. The van der Waals surface area contributed by atoms with Crippen molar-refractivity contribution in [3.05, 3.63) is 163 Å². The van der Waals surface area contributed by atoms with Gasteiger partial charge in [-0.3, -0.25) is 9.59 Å². The molecule has 1 unspecified atom stereocenters. The number of hydrogen-bond donors (Lipinski definition) is 3. The number of fused-ring (bicyclic) bond motifs is 2. The van der Waals surface area contributed by atoms with Crippen LogP contribution in [-0.2, 0) is 9.59 Å². The summed E-state index contributed by atoms with van der Waals surface area (Å²) in [5.74, 6) is 4.08. The fraction of sp³-hybridized carbons (Fsp3) is 0.268. The molecule has 8 rings (SSSR count). The lowest BCUT2D eigenvalue weighted by atomic mass is 9.82. The van der Waals surface area contributed by atoms with E-state index in [0.717, 1.165) is 80.2 Å². The van der Waals surface area contributed by atoms with Crippen molar-refractivity contribution in [1.82, 2.24) is 4.90 Å². The molecule has 67 heavy (non-hydrogen) atoms. The molecule has 0 saturated heterocycles. The zero-order valence-corrected chi connectivity index (χ0v) is 41.8. The van der Waals surface area contributed by atoms with E-state index in [0.29, 0.717) is 29.3 Å². The maximum Gasteiger partial charge on any atom is 0.336 e. The summed E-state index contributed by atoms with van der Waals surface area (Å²) in [4.78, 5) is 52.9. The largest absolute Gasteiger partial charge is 0.478 e. The molecule has 0 bridgehead atoms. The Morgan fingerprint density at radius 3 is 1.69 bits per heavy atom. The fourth-order valence-corrected chi connectivity index (χ4v) is 9.11. The van der Waals surface area contributed by atoms with Crippen LogP contribution in [0, 0.1) is 50.2 Å². The number of carbonyl (C=O) groups is 4. The van der Waals surface area contributed by atoms with Gasteiger partial charge in [0, 0.05) is 18.7 Å². The molecule has 344 valence electrons. The second-order valence-electron chi connectivity index (χ2n) is 15.9. The van der Waals surface area contributed by atoms with Gasteiger partial charge in [-0.25, -0.2) is 9.64 Å². The number of nitrogens with one attached hydrogen (secondary N) is 1. The highest BCUT2D eigenvalue weighted by Gasteiger charge is 2.37. The number of carbonyl (C=O) groups excluding carboxylic acids is 3. The minimum absolute atomic E-state index is 0.0814. The summed E-state index contributed by atoms with van der Waals surface area (Å²) >= 11 is 4.15. The summed E-state index contributed by atoms with van der Waals surface area (Å²) < 4.78 is 1.62. The van der Waals surface area contributed by atoms with Crippen molar-refractivity contribution in [3.8, 4) is 24.7 Å². The molecular formula is C56H56I2N4O5. The Morgan fingerprint density at radius 1 is 0.716 bits per heavy atom. The number of terminal acetylenes is 2. The number of halogens is 2. The van der Waals surface area contributed by atoms with Crippen LogP contribution in [0.25, 0.3) is 26.4 Å². The van der Waals surface area contributed by atoms with Gasteiger partial charge in [0.15, 0.2) is 5.69 Å². The highest BCUT2D eigenvalue weighted by Crippen LogP contribution is 2.32. The summed E-state index contributed by atoms with van der Waals surface area (Å²) in [6, 6.07) is 41.4. The number of anilines is 1. The van der Waals surface area contributed by atoms with Crippen LogP contribution < -0.4 is 11.1 Å². The summed E-state index contributed by atoms with van der Waals surface area (Å²) in [5, 5.41) is 16.1. The molecule has 0 heterocycles. The molecule has 6 aromatic rings. The molecule has 9 nitrogen and oxygen atoms in total. The summed E-state index contributed by atoms with van der Waals surface area (Å²) in [7, 11) is 0. The maximum atomic E-state index is 13.7. The second-order valence-corrected chi connectivity index (χ2v) is 18.2.